The minimum atomic E-state index is -0.140. The van der Waals surface area contributed by atoms with E-state index in [0.717, 1.165) is 27.0 Å². The highest BCUT2D eigenvalue weighted by atomic mass is 32.1. The summed E-state index contributed by atoms with van der Waals surface area (Å²) in [4.78, 5) is 17.6. The number of pyridine rings is 1. The van der Waals surface area contributed by atoms with Gasteiger partial charge >= 0.3 is 0 Å². The van der Waals surface area contributed by atoms with E-state index in [1.54, 1.807) is 23.6 Å². The van der Waals surface area contributed by atoms with Gasteiger partial charge < -0.3 is 5.32 Å². The summed E-state index contributed by atoms with van der Waals surface area (Å²) in [7, 11) is 0. The number of anilines is 1. The van der Waals surface area contributed by atoms with E-state index < -0.39 is 0 Å². The molecule has 0 aliphatic carbocycles. The topological polar surface area (TPSA) is 42.0 Å². The van der Waals surface area contributed by atoms with Crippen molar-refractivity contribution >= 4 is 39.9 Å². The summed E-state index contributed by atoms with van der Waals surface area (Å²) >= 11 is 1.60. The third kappa shape index (κ3) is 2.92. The van der Waals surface area contributed by atoms with Gasteiger partial charge in [-0.15, -0.1) is 11.3 Å². The number of nitrogens with zero attached hydrogens (tertiary/aromatic N) is 1. The van der Waals surface area contributed by atoms with E-state index in [9.17, 15) is 4.79 Å². The first-order valence-corrected chi connectivity index (χ1v) is 7.90. The summed E-state index contributed by atoms with van der Waals surface area (Å²) in [5.74, 6) is -0.140. The van der Waals surface area contributed by atoms with Crippen molar-refractivity contribution in [2.24, 2.45) is 0 Å². The third-order valence-corrected chi connectivity index (χ3v) is 4.47. The number of fused-ring (bicyclic) bond motifs is 1. The van der Waals surface area contributed by atoms with Crippen molar-refractivity contribution in [3.05, 3.63) is 64.0 Å². The highest BCUT2D eigenvalue weighted by Crippen LogP contribution is 2.26. The smallest absolute Gasteiger partial charge is 0.248 e. The number of amides is 1. The number of benzene rings is 1. The number of aromatic nitrogens is 1. The fourth-order valence-electron chi connectivity index (χ4n) is 2.29. The quantitative estimate of drug-likeness (QED) is 0.720. The van der Waals surface area contributed by atoms with Crippen LogP contribution >= 0.6 is 11.3 Å². The minimum absolute atomic E-state index is 0.140. The summed E-state index contributed by atoms with van der Waals surface area (Å²) in [6, 6.07) is 9.82. The molecule has 2 aromatic heterocycles. The van der Waals surface area contributed by atoms with Gasteiger partial charge in [-0.2, -0.15) is 0 Å². The fraction of sp³-hybridized carbons (Fsp3) is 0.111. The Morgan fingerprint density at radius 3 is 2.86 bits per heavy atom. The first kappa shape index (κ1) is 14.5. The summed E-state index contributed by atoms with van der Waals surface area (Å²) in [5.41, 5.74) is 4.05. The second kappa shape index (κ2) is 6.12. The van der Waals surface area contributed by atoms with Gasteiger partial charge in [0.1, 0.15) is 0 Å². The molecule has 0 unspecified atom stereocenters. The van der Waals surface area contributed by atoms with Crippen molar-refractivity contribution < 1.29 is 4.79 Å². The lowest BCUT2D eigenvalue weighted by atomic mass is 10.0. The van der Waals surface area contributed by atoms with Gasteiger partial charge in [-0.25, -0.2) is 0 Å². The monoisotopic (exact) mass is 308 g/mol. The number of carbonyl (C=O) groups excluding carboxylic acids is 1. The molecule has 2 heterocycles. The predicted octanol–water partition coefficient (Wildman–Crippen LogP) is 4.57. The van der Waals surface area contributed by atoms with Crippen LogP contribution in [0.1, 0.15) is 16.0 Å². The van der Waals surface area contributed by atoms with Crippen LogP contribution in [0.25, 0.3) is 17.0 Å². The second-order valence-electron chi connectivity index (χ2n) is 5.10. The van der Waals surface area contributed by atoms with Crippen LogP contribution in [0.4, 0.5) is 5.69 Å². The van der Waals surface area contributed by atoms with E-state index in [1.807, 2.05) is 42.6 Å². The maximum Gasteiger partial charge on any atom is 0.248 e. The molecule has 0 radical (unpaired) electrons. The lowest BCUT2D eigenvalue weighted by Gasteiger charge is -2.09. The molecule has 0 aliphatic heterocycles. The van der Waals surface area contributed by atoms with Gasteiger partial charge in [-0.1, -0.05) is 18.2 Å². The van der Waals surface area contributed by atoms with Crippen molar-refractivity contribution in [3.8, 4) is 0 Å². The molecule has 110 valence electrons. The van der Waals surface area contributed by atoms with Gasteiger partial charge in [-0.05, 0) is 48.6 Å². The average molecular weight is 308 g/mol. The maximum absolute atomic E-state index is 12.1. The number of rotatable bonds is 3. The van der Waals surface area contributed by atoms with Gasteiger partial charge in [0.25, 0.3) is 0 Å². The summed E-state index contributed by atoms with van der Waals surface area (Å²) in [6.07, 6.45) is 5.10. The molecular weight excluding hydrogens is 292 g/mol. The standard InChI is InChI=1S/C18H16N2OS/c1-12-5-7-15-16(9-10-19-18(15)13(12)2)20-17(21)8-6-14-4-3-11-22-14/h3-11H,1-2H3,(H,19,20,21)/b8-6+. The molecule has 4 heteroatoms. The maximum atomic E-state index is 12.1. The van der Waals surface area contributed by atoms with Gasteiger partial charge in [0.2, 0.25) is 5.91 Å². The van der Waals surface area contributed by atoms with E-state index in [2.05, 4.69) is 23.3 Å². The molecule has 3 nitrogen and oxygen atoms in total. The second-order valence-corrected chi connectivity index (χ2v) is 6.08. The van der Waals surface area contributed by atoms with E-state index >= 15 is 0 Å². The average Bonchev–Trinajstić information content (AvgIpc) is 3.03. The molecule has 0 saturated heterocycles. The number of nitrogens with one attached hydrogen (secondary N) is 1. The molecule has 0 saturated carbocycles. The van der Waals surface area contributed by atoms with Crippen molar-refractivity contribution in [2.45, 2.75) is 13.8 Å². The van der Waals surface area contributed by atoms with Crippen LogP contribution in [0.3, 0.4) is 0 Å². The van der Waals surface area contributed by atoms with E-state index in [1.165, 1.54) is 5.56 Å². The van der Waals surface area contributed by atoms with E-state index in [-0.39, 0.29) is 5.91 Å². The Hall–Kier alpha value is -2.46. The predicted molar refractivity (Wildman–Crippen MR) is 93.2 cm³/mol. The number of carbonyl (C=O) groups is 1. The van der Waals surface area contributed by atoms with Crippen LogP contribution in [-0.4, -0.2) is 10.9 Å². The highest BCUT2D eigenvalue weighted by molar-refractivity contribution is 7.10. The van der Waals surface area contributed by atoms with Crippen molar-refractivity contribution in [3.63, 3.8) is 0 Å². The molecule has 0 atom stereocenters. The zero-order chi connectivity index (χ0) is 15.5. The van der Waals surface area contributed by atoms with Gasteiger partial charge in [0.05, 0.1) is 11.2 Å². The summed E-state index contributed by atoms with van der Waals surface area (Å²) < 4.78 is 0. The van der Waals surface area contributed by atoms with Gasteiger partial charge in [0, 0.05) is 22.5 Å². The third-order valence-electron chi connectivity index (χ3n) is 3.64. The Morgan fingerprint density at radius 1 is 1.23 bits per heavy atom. The zero-order valence-corrected chi connectivity index (χ0v) is 13.3. The first-order valence-electron chi connectivity index (χ1n) is 7.02. The van der Waals surface area contributed by atoms with Gasteiger partial charge in [-0.3, -0.25) is 9.78 Å². The zero-order valence-electron chi connectivity index (χ0n) is 12.5. The molecule has 1 amide bonds. The summed E-state index contributed by atoms with van der Waals surface area (Å²) in [6.45, 7) is 4.11. The number of hydrogen-bond donors (Lipinski definition) is 1. The van der Waals surface area contributed by atoms with Crippen molar-refractivity contribution in [1.29, 1.82) is 0 Å². The molecule has 0 aliphatic rings. The van der Waals surface area contributed by atoms with Crippen molar-refractivity contribution in [1.82, 2.24) is 4.98 Å². The van der Waals surface area contributed by atoms with E-state index in [4.69, 9.17) is 0 Å². The molecule has 1 N–H and O–H groups in total. The van der Waals surface area contributed by atoms with E-state index in [0.29, 0.717) is 0 Å². The SMILES string of the molecule is Cc1ccc2c(NC(=O)/C=C/c3cccs3)ccnc2c1C. The lowest BCUT2D eigenvalue weighted by Crippen LogP contribution is -2.08. The molecule has 0 fully saturated rings. The number of aryl methyl sites for hydroxylation is 2. The largest absolute Gasteiger partial charge is 0.322 e. The Labute approximate surface area is 133 Å². The van der Waals surface area contributed by atoms with Crippen LogP contribution < -0.4 is 5.32 Å². The van der Waals surface area contributed by atoms with Crippen LogP contribution in [0.2, 0.25) is 0 Å². The van der Waals surface area contributed by atoms with Crippen LogP contribution in [0, 0.1) is 13.8 Å². The minimum Gasteiger partial charge on any atom is -0.322 e. The summed E-state index contributed by atoms with van der Waals surface area (Å²) in [5, 5.41) is 5.88. The Bertz CT molecular complexity index is 851. The van der Waals surface area contributed by atoms with Crippen LogP contribution in [-0.2, 0) is 4.79 Å². The normalized spacial score (nSPS) is 11.2. The number of thiophene rings is 1. The van der Waals surface area contributed by atoms with Crippen LogP contribution in [0.5, 0.6) is 0 Å². The fourth-order valence-corrected chi connectivity index (χ4v) is 2.91. The Balaban J connectivity index is 1.88. The first-order chi connectivity index (χ1) is 10.6. The lowest BCUT2D eigenvalue weighted by molar-refractivity contribution is -0.111. The Kier molecular flexibility index (Phi) is 4.02. The molecule has 22 heavy (non-hydrogen) atoms. The molecule has 3 rings (SSSR count). The molecule has 0 spiro atoms. The molecule has 1 aromatic carbocycles. The van der Waals surface area contributed by atoms with Crippen molar-refractivity contribution in [2.75, 3.05) is 5.32 Å². The van der Waals surface area contributed by atoms with Gasteiger partial charge in [0.15, 0.2) is 0 Å². The highest BCUT2D eigenvalue weighted by Gasteiger charge is 2.07. The Morgan fingerprint density at radius 2 is 2.09 bits per heavy atom. The molecule has 0 bridgehead atoms. The molecule has 3 aromatic rings. The number of hydrogen-bond acceptors (Lipinski definition) is 3. The van der Waals surface area contributed by atoms with Crippen LogP contribution in [0.15, 0.2) is 48.0 Å². The molecular formula is C18H16N2OS.